The summed E-state index contributed by atoms with van der Waals surface area (Å²) in [6.07, 6.45) is 4.56. The summed E-state index contributed by atoms with van der Waals surface area (Å²) in [5, 5.41) is 13.0. The quantitative estimate of drug-likeness (QED) is 0.706. The fourth-order valence-corrected chi connectivity index (χ4v) is 2.64. The number of hydrogen-bond donors (Lipinski definition) is 2. The zero-order chi connectivity index (χ0) is 11.3. The minimum Gasteiger partial charge on any atom is -0.394 e. The van der Waals surface area contributed by atoms with Crippen molar-refractivity contribution in [2.24, 2.45) is 0 Å². The molecule has 4 heteroatoms. The molecule has 0 spiro atoms. The van der Waals surface area contributed by atoms with Crippen molar-refractivity contribution >= 4 is 0 Å². The molecule has 0 aliphatic carbocycles. The van der Waals surface area contributed by atoms with E-state index >= 15 is 0 Å². The van der Waals surface area contributed by atoms with Crippen LogP contribution in [0, 0.1) is 0 Å². The molecule has 16 heavy (non-hydrogen) atoms. The molecule has 0 aromatic carbocycles. The molecule has 2 N–H and O–H groups in total. The second-order valence-corrected chi connectivity index (χ2v) is 5.03. The molecule has 0 unspecified atom stereocenters. The van der Waals surface area contributed by atoms with Crippen LogP contribution in [0.15, 0.2) is 0 Å². The summed E-state index contributed by atoms with van der Waals surface area (Å²) < 4.78 is 5.34. The lowest BCUT2D eigenvalue weighted by Gasteiger charge is -2.37. The SMILES string of the molecule is OCC1(NCCN2CCCC2)CCOCC1. The fourth-order valence-electron chi connectivity index (χ4n) is 2.64. The number of nitrogens with one attached hydrogen (secondary N) is 1. The van der Waals surface area contributed by atoms with E-state index in [0.29, 0.717) is 0 Å². The standard InChI is InChI=1S/C12H24N2O2/c15-11-12(3-9-16-10-4-12)13-5-8-14-6-1-2-7-14/h13,15H,1-11H2. The van der Waals surface area contributed by atoms with E-state index in [9.17, 15) is 5.11 Å². The zero-order valence-electron chi connectivity index (χ0n) is 10.1. The van der Waals surface area contributed by atoms with E-state index in [1.165, 1.54) is 25.9 Å². The fraction of sp³-hybridized carbons (Fsp3) is 1.00. The number of ether oxygens (including phenoxy) is 1. The van der Waals surface area contributed by atoms with E-state index in [1.54, 1.807) is 0 Å². The smallest absolute Gasteiger partial charge is 0.0615 e. The molecule has 2 rings (SSSR count). The molecule has 2 heterocycles. The van der Waals surface area contributed by atoms with E-state index in [-0.39, 0.29) is 12.1 Å². The maximum absolute atomic E-state index is 9.50. The van der Waals surface area contributed by atoms with Crippen LogP contribution in [0.1, 0.15) is 25.7 Å². The minimum absolute atomic E-state index is 0.0715. The molecule has 0 radical (unpaired) electrons. The zero-order valence-corrected chi connectivity index (χ0v) is 10.1. The van der Waals surface area contributed by atoms with Crippen LogP contribution >= 0.6 is 0 Å². The first kappa shape index (κ1) is 12.3. The minimum atomic E-state index is -0.0715. The molecule has 2 aliphatic rings. The molecule has 2 fully saturated rings. The van der Waals surface area contributed by atoms with Crippen molar-refractivity contribution in [1.82, 2.24) is 10.2 Å². The Kier molecular flexibility index (Phi) is 4.58. The largest absolute Gasteiger partial charge is 0.394 e. The molecular formula is C12H24N2O2. The maximum Gasteiger partial charge on any atom is 0.0615 e. The number of hydrogen-bond acceptors (Lipinski definition) is 4. The number of rotatable bonds is 5. The Morgan fingerprint density at radius 2 is 1.88 bits per heavy atom. The maximum atomic E-state index is 9.50. The lowest BCUT2D eigenvalue weighted by Crippen LogP contribution is -2.53. The van der Waals surface area contributed by atoms with Gasteiger partial charge in [0.15, 0.2) is 0 Å². The van der Waals surface area contributed by atoms with Crippen LogP contribution in [0.25, 0.3) is 0 Å². The molecule has 0 saturated carbocycles. The highest BCUT2D eigenvalue weighted by Gasteiger charge is 2.31. The number of aliphatic hydroxyl groups excluding tert-OH is 1. The third kappa shape index (κ3) is 3.17. The van der Waals surface area contributed by atoms with Crippen molar-refractivity contribution in [1.29, 1.82) is 0 Å². The van der Waals surface area contributed by atoms with Crippen molar-refractivity contribution in [2.45, 2.75) is 31.2 Å². The van der Waals surface area contributed by atoms with Gasteiger partial charge in [0, 0.05) is 31.8 Å². The van der Waals surface area contributed by atoms with E-state index in [2.05, 4.69) is 10.2 Å². The van der Waals surface area contributed by atoms with Crippen molar-refractivity contribution in [3.63, 3.8) is 0 Å². The number of aliphatic hydroxyl groups is 1. The Bertz CT molecular complexity index is 199. The molecule has 2 aliphatic heterocycles. The van der Waals surface area contributed by atoms with Crippen LogP contribution < -0.4 is 5.32 Å². The molecule has 4 nitrogen and oxygen atoms in total. The van der Waals surface area contributed by atoms with Crippen LogP contribution in [0.3, 0.4) is 0 Å². The first-order valence-electron chi connectivity index (χ1n) is 6.51. The van der Waals surface area contributed by atoms with Gasteiger partial charge in [0.1, 0.15) is 0 Å². The molecule has 0 atom stereocenters. The van der Waals surface area contributed by atoms with Gasteiger partial charge in [-0.25, -0.2) is 0 Å². The lowest BCUT2D eigenvalue weighted by molar-refractivity contribution is 0.0114. The second kappa shape index (κ2) is 5.96. The molecule has 0 bridgehead atoms. The van der Waals surface area contributed by atoms with Gasteiger partial charge in [0.25, 0.3) is 0 Å². The summed E-state index contributed by atoms with van der Waals surface area (Å²) in [6, 6.07) is 0. The predicted octanol–water partition coefficient (Wildman–Crippen LogP) is 0.213. The van der Waals surface area contributed by atoms with E-state index in [0.717, 1.165) is 39.1 Å². The van der Waals surface area contributed by atoms with Crippen molar-refractivity contribution in [3.8, 4) is 0 Å². The van der Waals surface area contributed by atoms with Gasteiger partial charge in [-0.05, 0) is 38.8 Å². The summed E-state index contributed by atoms with van der Waals surface area (Å²) in [4.78, 5) is 2.50. The van der Waals surface area contributed by atoms with E-state index in [1.807, 2.05) is 0 Å². The molecule has 0 aromatic heterocycles. The molecule has 0 aromatic rings. The van der Waals surface area contributed by atoms with E-state index < -0.39 is 0 Å². The van der Waals surface area contributed by atoms with E-state index in [4.69, 9.17) is 4.74 Å². The summed E-state index contributed by atoms with van der Waals surface area (Å²) in [5.74, 6) is 0. The molecular weight excluding hydrogens is 204 g/mol. The van der Waals surface area contributed by atoms with Gasteiger partial charge in [-0.1, -0.05) is 0 Å². The Labute approximate surface area is 98.0 Å². The Hall–Kier alpha value is -0.160. The predicted molar refractivity (Wildman–Crippen MR) is 63.5 cm³/mol. The van der Waals surface area contributed by atoms with Crippen molar-refractivity contribution in [2.75, 3.05) is 46.0 Å². The van der Waals surface area contributed by atoms with Crippen LogP contribution in [-0.2, 0) is 4.74 Å². The van der Waals surface area contributed by atoms with Crippen molar-refractivity contribution < 1.29 is 9.84 Å². The van der Waals surface area contributed by atoms with Gasteiger partial charge in [-0.3, -0.25) is 0 Å². The van der Waals surface area contributed by atoms with Gasteiger partial charge in [-0.2, -0.15) is 0 Å². The van der Waals surface area contributed by atoms with Gasteiger partial charge < -0.3 is 20.1 Å². The first-order chi connectivity index (χ1) is 7.85. The first-order valence-corrected chi connectivity index (χ1v) is 6.51. The Morgan fingerprint density at radius 3 is 2.50 bits per heavy atom. The van der Waals surface area contributed by atoms with Crippen LogP contribution in [0.4, 0.5) is 0 Å². The highest BCUT2D eigenvalue weighted by molar-refractivity contribution is 4.89. The number of likely N-dealkylation sites (tertiary alicyclic amines) is 1. The van der Waals surface area contributed by atoms with Crippen LogP contribution in [-0.4, -0.2) is 61.5 Å². The summed E-state index contributed by atoms with van der Waals surface area (Å²) >= 11 is 0. The summed E-state index contributed by atoms with van der Waals surface area (Å²) in [7, 11) is 0. The average molecular weight is 228 g/mol. The highest BCUT2D eigenvalue weighted by atomic mass is 16.5. The third-order valence-electron chi connectivity index (χ3n) is 3.88. The van der Waals surface area contributed by atoms with Gasteiger partial charge >= 0.3 is 0 Å². The average Bonchev–Trinajstić information content (AvgIpc) is 2.83. The van der Waals surface area contributed by atoms with Crippen LogP contribution in [0.5, 0.6) is 0 Å². The summed E-state index contributed by atoms with van der Waals surface area (Å²) in [5.41, 5.74) is -0.0715. The summed E-state index contributed by atoms with van der Waals surface area (Å²) in [6.45, 7) is 6.38. The normalized spacial score (nSPS) is 26.1. The van der Waals surface area contributed by atoms with Crippen molar-refractivity contribution in [3.05, 3.63) is 0 Å². The second-order valence-electron chi connectivity index (χ2n) is 5.03. The molecule has 0 amide bonds. The van der Waals surface area contributed by atoms with Gasteiger partial charge in [0.2, 0.25) is 0 Å². The monoisotopic (exact) mass is 228 g/mol. The molecule has 2 saturated heterocycles. The van der Waals surface area contributed by atoms with Gasteiger partial charge in [-0.15, -0.1) is 0 Å². The Morgan fingerprint density at radius 1 is 1.19 bits per heavy atom. The van der Waals surface area contributed by atoms with Gasteiger partial charge in [0.05, 0.1) is 6.61 Å². The third-order valence-corrected chi connectivity index (χ3v) is 3.88. The van der Waals surface area contributed by atoms with Crippen LogP contribution in [0.2, 0.25) is 0 Å². The topological polar surface area (TPSA) is 44.7 Å². The highest BCUT2D eigenvalue weighted by Crippen LogP contribution is 2.19. The number of nitrogens with zero attached hydrogens (tertiary/aromatic N) is 1. The Balaban J connectivity index is 1.69. The molecule has 94 valence electrons. The lowest BCUT2D eigenvalue weighted by atomic mass is 9.91.